The van der Waals surface area contributed by atoms with Crippen LogP contribution in [-0.4, -0.2) is 26.8 Å². The standard InChI is InChI=1S/C30H23N3O4S4/c1-20-7-12-23(13-8-20)40(34,35)33(41(36,37)24-14-9-21(2)10-15-24)22-11-16-25-26(19-22)32-30(28-6-4-18-39-28)29(31-25)27-5-3-17-38-27/h3-19H,1-2H3. The van der Waals surface area contributed by atoms with Crippen LogP contribution in [0.1, 0.15) is 11.1 Å². The van der Waals surface area contributed by atoms with Gasteiger partial charge < -0.3 is 0 Å². The van der Waals surface area contributed by atoms with Gasteiger partial charge in [-0.3, -0.25) is 0 Å². The molecule has 0 saturated carbocycles. The van der Waals surface area contributed by atoms with Crippen LogP contribution < -0.4 is 3.71 Å². The molecule has 7 nitrogen and oxygen atoms in total. The highest BCUT2D eigenvalue weighted by atomic mass is 32.3. The fourth-order valence-electron chi connectivity index (χ4n) is 4.35. The van der Waals surface area contributed by atoms with Crippen molar-refractivity contribution in [3.05, 3.63) is 113 Å². The third-order valence-corrected chi connectivity index (χ3v) is 12.4. The van der Waals surface area contributed by atoms with E-state index < -0.39 is 20.0 Å². The first-order valence-electron chi connectivity index (χ1n) is 12.5. The Morgan fingerprint density at radius 2 is 1.05 bits per heavy atom. The molecule has 41 heavy (non-hydrogen) atoms. The molecule has 6 rings (SSSR count). The zero-order chi connectivity index (χ0) is 28.8. The summed E-state index contributed by atoms with van der Waals surface area (Å²) in [6.07, 6.45) is 0. The average molecular weight is 618 g/mol. The van der Waals surface area contributed by atoms with Gasteiger partial charge in [0.1, 0.15) is 11.4 Å². The van der Waals surface area contributed by atoms with E-state index in [-0.39, 0.29) is 15.5 Å². The van der Waals surface area contributed by atoms with Gasteiger partial charge in [0.05, 0.1) is 36.3 Å². The van der Waals surface area contributed by atoms with E-state index in [2.05, 4.69) is 0 Å². The maximum atomic E-state index is 14.0. The van der Waals surface area contributed by atoms with Gasteiger partial charge in [-0.2, -0.15) is 3.71 Å². The van der Waals surface area contributed by atoms with Crippen LogP contribution >= 0.6 is 22.7 Å². The molecule has 0 radical (unpaired) electrons. The summed E-state index contributed by atoms with van der Waals surface area (Å²) in [6.45, 7) is 3.66. The van der Waals surface area contributed by atoms with Crippen LogP contribution in [0.3, 0.4) is 0 Å². The van der Waals surface area contributed by atoms with Gasteiger partial charge in [-0.1, -0.05) is 47.5 Å². The number of aromatic nitrogens is 2. The lowest BCUT2D eigenvalue weighted by Gasteiger charge is -2.24. The van der Waals surface area contributed by atoms with E-state index in [1.54, 1.807) is 41.7 Å². The molecule has 3 heterocycles. The number of hydrogen-bond acceptors (Lipinski definition) is 8. The molecule has 11 heteroatoms. The number of nitrogens with zero attached hydrogens (tertiary/aromatic N) is 3. The van der Waals surface area contributed by atoms with Gasteiger partial charge in [-0.05, 0) is 79.2 Å². The number of sulfonamides is 2. The van der Waals surface area contributed by atoms with Crippen LogP contribution in [0.25, 0.3) is 32.2 Å². The molecule has 0 aliphatic heterocycles. The van der Waals surface area contributed by atoms with Crippen molar-refractivity contribution >= 4 is 59.4 Å². The summed E-state index contributed by atoms with van der Waals surface area (Å²) in [5, 5.41) is 3.91. The third-order valence-electron chi connectivity index (χ3n) is 6.44. The molecule has 3 aromatic heterocycles. The molecule has 0 aliphatic rings. The zero-order valence-electron chi connectivity index (χ0n) is 21.9. The van der Waals surface area contributed by atoms with Crippen LogP contribution in [0.5, 0.6) is 0 Å². The Balaban J connectivity index is 1.58. The van der Waals surface area contributed by atoms with Crippen LogP contribution in [0.2, 0.25) is 0 Å². The van der Waals surface area contributed by atoms with Gasteiger partial charge >= 0.3 is 0 Å². The van der Waals surface area contributed by atoms with Gasteiger partial charge in [0.25, 0.3) is 20.0 Å². The quantitative estimate of drug-likeness (QED) is 0.187. The fraction of sp³-hybridized carbons (Fsp3) is 0.0667. The molecule has 0 unspecified atom stereocenters. The topological polar surface area (TPSA) is 97.3 Å². The van der Waals surface area contributed by atoms with E-state index in [0.29, 0.717) is 26.1 Å². The lowest BCUT2D eigenvalue weighted by molar-refractivity contribution is 0.584. The fourth-order valence-corrected chi connectivity index (χ4v) is 9.45. The lowest BCUT2D eigenvalue weighted by Crippen LogP contribution is -2.37. The van der Waals surface area contributed by atoms with Gasteiger partial charge in [-0.15, -0.1) is 22.7 Å². The minimum absolute atomic E-state index is 0.0612. The van der Waals surface area contributed by atoms with Crippen LogP contribution in [0.4, 0.5) is 5.69 Å². The first-order valence-corrected chi connectivity index (χ1v) is 17.1. The molecular weight excluding hydrogens is 595 g/mol. The monoisotopic (exact) mass is 617 g/mol. The minimum atomic E-state index is -4.55. The van der Waals surface area contributed by atoms with Crippen molar-refractivity contribution in [2.45, 2.75) is 23.6 Å². The number of fused-ring (bicyclic) bond motifs is 1. The second-order valence-electron chi connectivity index (χ2n) is 9.38. The molecule has 0 spiro atoms. The number of aryl methyl sites for hydroxylation is 2. The predicted octanol–water partition coefficient (Wildman–Crippen LogP) is 7.29. The van der Waals surface area contributed by atoms with Crippen molar-refractivity contribution in [3.63, 3.8) is 0 Å². The van der Waals surface area contributed by atoms with E-state index in [9.17, 15) is 16.8 Å². The molecule has 0 N–H and O–H groups in total. The molecule has 0 aliphatic carbocycles. The van der Waals surface area contributed by atoms with Crippen molar-refractivity contribution in [2.75, 3.05) is 3.71 Å². The highest BCUT2D eigenvalue weighted by Crippen LogP contribution is 2.37. The Hall–Kier alpha value is -3.90. The Labute approximate surface area is 246 Å². The van der Waals surface area contributed by atoms with Crippen molar-refractivity contribution in [2.24, 2.45) is 0 Å². The molecule has 0 fully saturated rings. The van der Waals surface area contributed by atoms with Gasteiger partial charge in [0.2, 0.25) is 0 Å². The van der Waals surface area contributed by atoms with Gasteiger partial charge in [-0.25, -0.2) is 26.8 Å². The summed E-state index contributed by atoms with van der Waals surface area (Å²) in [7, 11) is -9.10. The molecule has 3 aromatic carbocycles. The van der Waals surface area contributed by atoms with E-state index >= 15 is 0 Å². The van der Waals surface area contributed by atoms with Crippen molar-refractivity contribution in [1.29, 1.82) is 0 Å². The van der Waals surface area contributed by atoms with Crippen LogP contribution in [0.15, 0.2) is 112 Å². The van der Waals surface area contributed by atoms with E-state index in [0.717, 1.165) is 20.9 Å². The number of rotatable bonds is 7. The van der Waals surface area contributed by atoms with E-state index in [1.807, 2.05) is 48.9 Å². The van der Waals surface area contributed by atoms with E-state index in [4.69, 9.17) is 9.97 Å². The van der Waals surface area contributed by atoms with Crippen molar-refractivity contribution in [1.82, 2.24) is 9.97 Å². The summed E-state index contributed by atoms with van der Waals surface area (Å²) < 4.78 is 56.7. The summed E-state index contributed by atoms with van der Waals surface area (Å²) >= 11 is 3.06. The van der Waals surface area contributed by atoms with Gasteiger partial charge in [0.15, 0.2) is 0 Å². The Bertz CT molecular complexity index is 2000. The van der Waals surface area contributed by atoms with Crippen molar-refractivity contribution < 1.29 is 16.8 Å². The molecule has 0 amide bonds. The highest BCUT2D eigenvalue weighted by Gasteiger charge is 2.37. The largest absolute Gasteiger partial charge is 0.277 e. The molecule has 206 valence electrons. The molecule has 0 bridgehead atoms. The SMILES string of the molecule is Cc1ccc(S(=O)(=O)N(c2ccc3nc(-c4cccs4)c(-c4cccs4)nc3c2)S(=O)(=O)c2ccc(C)cc2)cc1. The normalized spacial score (nSPS) is 12.0. The minimum Gasteiger partial charge on any atom is -0.243 e. The maximum Gasteiger partial charge on any atom is 0.277 e. The number of benzene rings is 3. The first-order chi connectivity index (χ1) is 19.6. The first kappa shape index (κ1) is 27.3. The molecule has 6 aromatic rings. The maximum absolute atomic E-state index is 14.0. The average Bonchev–Trinajstić information content (AvgIpc) is 3.68. The van der Waals surface area contributed by atoms with Gasteiger partial charge in [0, 0.05) is 0 Å². The Morgan fingerprint density at radius 1 is 0.585 bits per heavy atom. The number of anilines is 1. The van der Waals surface area contributed by atoms with Crippen LogP contribution in [-0.2, 0) is 20.0 Å². The van der Waals surface area contributed by atoms with E-state index in [1.165, 1.54) is 47.7 Å². The van der Waals surface area contributed by atoms with Crippen LogP contribution in [0, 0.1) is 13.8 Å². The predicted molar refractivity (Wildman–Crippen MR) is 165 cm³/mol. The Morgan fingerprint density at radius 3 is 1.49 bits per heavy atom. The second-order valence-corrected chi connectivity index (χ2v) is 15.1. The second kappa shape index (κ2) is 10.5. The third kappa shape index (κ3) is 5.06. The summed E-state index contributed by atoms with van der Waals surface area (Å²) in [5.74, 6) is 0. The number of thiophene rings is 2. The summed E-state index contributed by atoms with van der Waals surface area (Å²) in [5.41, 5.74) is 3.86. The summed E-state index contributed by atoms with van der Waals surface area (Å²) in [6, 6.07) is 24.5. The molecule has 0 atom stereocenters. The van der Waals surface area contributed by atoms with Crippen molar-refractivity contribution in [3.8, 4) is 21.1 Å². The zero-order valence-corrected chi connectivity index (χ0v) is 25.2. The Kier molecular flexibility index (Phi) is 6.98. The molecular formula is C30H23N3O4S4. The molecule has 0 saturated heterocycles. The number of hydrogen-bond donors (Lipinski definition) is 0. The summed E-state index contributed by atoms with van der Waals surface area (Å²) in [4.78, 5) is 11.3. The highest BCUT2D eigenvalue weighted by molar-refractivity contribution is 8.10. The smallest absolute Gasteiger partial charge is 0.243 e. The lowest BCUT2D eigenvalue weighted by atomic mass is 10.2.